The van der Waals surface area contributed by atoms with Crippen LogP contribution in [0, 0.1) is 0 Å². The summed E-state index contributed by atoms with van der Waals surface area (Å²) >= 11 is 3.46. The third-order valence-corrected chi connectivity index (χ3v) is 3.34. The van der Waals surface area contributed by atoms with Crippen LogP contribution in [0.15, 0.2) is 21.7 Å². The lowest BCUT2D eigenvalue weighted by Gasteiger charge is -2.22. The van der Waals surface area contributed by atoms with Crippen LogP contribution in [0.25, 0.3) is 0 Å². The molecule has 126 valence electrons. The molecule has 0 aliphatic carbocycles. The van der Waals surface area contributed by atoms with Gasteiger partial charge in [-0.2, -0.15) is 0 Å². The molecule has 0 spiro atoms. The number of carbonyl (C=O) groups is 1. The van der Waals surface area contributed by atoms with Crippen LogP contribution in [0.1, 0.15) is 19.5 Å². The van der Waals surface area contributed by atoms with Gasteiger partial charge in [0.1, 0.15) is 0 Å². The largest absolute Gasteiger partial charge is 0.352 e. The smallest absolute Gasteiger partial charge is 0.239 e. The van der Waals surface area contributed by atoms with Crippen LogP contribution in [-0.2, 0) is 18.4 Å². The van der Waals surface area contributed by atoms with E-state index in [0.29, 0.717) is 12.5 Å². The van der Waals surface area contributed by atoms with E-state index in [1.54, 1.807) is 7.05 Å². The second-order valence-electron chi connectivity index (χ2n) is 5.24. The van der Waals surface area contributed by atoms with Gasteiger partial charge in [-0.3, -0.25) is 9.79 Å². The van der Waals surface area contributed by atoms with Crippen molar-refractivity contribution >= 4 is 51.8 Å². The average Bonchev–Trinajstić information content (AvgIpc) is 2.67. The fraction of sp³-hybridized carbons (Fsp3) is 0.571. The Morgan fingerprint density at radius 2 is 2.14 bits per heavy atom. The van der Waals surface area contributed by atoms with Gasteiger partial charge < -0.3 is 20.1 Å². The first-order chi connectivity index (χ1) is 9.83. The number of hydrogen-bond acceptors (Lipinski definition) is 2. The van der Waals surface area contributed by atoms with Crippen LogP contribution in [0.2, 0.25) is 0 Å². The third-order valence-electron chi connectivity index (χ3n) is 2.90. The normalized spacial score (nSPS) is 11.1. The van der Waals surface area contributed by atoms with E-state index in [1.807, 2.05) is 39.0 Å². The third kappa shape index (κ3) is 6.99. The Bertz CT molecular complexity index is 515. The second-order valence-corrected chi connectivity index (χ2v) is 6.16. The summed E-state index contributed by atoms with van der Waals surface area (Å²) in [5, 5.41) is 5.90. The van der Waals surface area contributed by atoms with Crippen LogP contribution in [0.3, 0.4) is 0 Å². The first kappa shape index (κ1) is 21.2. The van der Waals surface area contributed by atoms with Crippen molar-refractivity contribution in [2.45, 2.75) is 26.4 Å². The van der Waals surface area contributed by atoms with Crippen LogP contribution in [0.5, 0.6) is 0 Å². The Kier molecular flexibility index (Phi) is 9.74. The molecular formula is C14H25BrIN5O. The quantitative estimate of drug-likeness (QED) is 0.380. The molecule has 0 aliphatic heterocycles. The van der Waals surface area contributed by atoms with E-state index < -0.39 is 0 Å². The van der Waals surface area contributed by atoms with Crippen LogP contribution in [0.4, 0.5) is 0 Å². The lowest BCUT2D eigenvalue weighted by Crippen LogP contribution is -2.45. The molecule has 1 amide bonds. The first-order valence-corrected chi connectivity index (χ1v) is 7.64. The van der Waals surface area contributed by atoms with Gasteiger partial charge in [0.15, 0.2) is 5.96 Å². The summed E-state index contributed by atoms with van der Waals surface area (Å²) in [5.41, 5.74) is 1.15. The molecule has 0 saturated carbocycles. The maximum atomic E-state index is 11.7. The van der Waals surface area contributed by atoms with Gasteiger partial charge in [0.2, 0.25) is 5.91 Å². The Balaban J connectivity index is 0.00000441. The summed E-state index contributed by atoms with van der Waals surface area (Å²) < 4.78 is 3.10. The molecule has 0 saturated heterocycles. The van der Waals surface area contributed by atoms with Crippen LogP contribution >= 0.6 is 39.9 Å². The monoisotopic (exact) mass is 485 g/mol. The summed E-state index contributed by atoms with van der Waals surface area (Å²) in [6, 6.07) is 2.20. The zero-order chi connectivity index (χ0) is 16.0. The average molecular weight is 486 g/mol. The number of aliphatic imine (C=N–C) groups is 1. The molecule has 0 aromatic carbocycles. The molecule has 1 aromatic heterocycles. The molecule has 1 rings (SSSR count). The molecule has 6 nitrogen and oxygen atoms in total. The molecular weight excluding hydrogens is 461 g/mol. The molecule has 8 heteroatoms. The lowest BCUT2D eigenvalue weighted by molar-refractivity contribution is -0.120. The van der Waals surface area contributed by atoms with E-state index in [1.165, 1.54) is 0 Å². The standard InChI is InChI=1S/C14H24BrN5O.HI/c1-10(2)18-13(21)7-17-14(16-3)20(5)9-12-6-11(15)8-19(12)4;/h6,8,10H,7,9H2,1-5H3,(H,16,17)(H,18,21);1H. The number of amides is 1. The van der Waals surface area contributed by atoms with E-state index in [4.69, 9.17) is 0 Å². The van der Waals surface area contributed by atoms with Gasteiger partial charge in [-0.05, 0) is 35.8 Å². The number of carbonyl (C=O) groups excluding carboxylic acids is 1. The molecule has 0 bridgehead atoms. The maximum absolute atomic E-state index is 11.7. The van der Waals surface area contributed by atoms with E-state index >= 15 is 0 Å². The minimum absolute atomic E-state index is 0. The van der Waals surface area contributed by atoms with Gasteiger partial charge in [-0.1, -0.05) is 0 Å². The van der Waals surface area contributed by atoms with Crippen molar-refractivity contribution in [3.63, 3.8) is 0 Å². The van der Waals surface area contributed by atoms with Gasteiger partial charge >= 0.3 is 0 Å². The molecule has 22 heavy (non-hydrogen) atoms. The highest BCUT2D eigenvalue weighted by Crippen LogP contribution is 2.14. The van der Waals surface area contributed by atoms with Crippen LogP contribution in [-0.4, -0.2) is 48.0 Å². The van der Waals surface area contributed by atoms with Gasteiger partial charge in [-0.25, -0.2) is 0 Å². The van der Waals surface area contributed by atoms with Crippen molar-refractivity contribution in [3.05, 3.63) is 22.4 Å². The predicted octanol–water partition coefficient (Wildman–Crippen LogP) is 1.94. The number of nitrogens with zero attached hydrogens (tertiary/aromatic N) is 3. The lowest BCUT2D eigenvalue weighted by atomic mass is 10.4. The predicted molar refractivity (Wildman–Crippen MR) is 105 cm³/mol. The highest BCUT2D eigenvalue weighted by Gasteiger charge is 2.11. The van der Waals surface area contributed by atoms with Gasteiger partial charge in [0.25, 0.3) is 0 Å². The molecule has 0 unspecified atom stereocenters. The fourth-order valence-corrected chi connectivity index (χ4v) is 2.53. The molecule has 1 heterocycles. The summed E-state index contributed by atoms with van der Waals surface area (Å²) in [7, 11) is 5.65. The number of halogens is 2. The van der Waals surface area contributed by atoms with Crippen LogP contribution < -0.4 is 10.6 Å². The van der Waals surface area contributed by atoms with Crippen molar-refractivity contribution in [1.82, 2.24) is 20.1 Å². The second kappa shape index (κ2) is 10.1. The highest BCUT2D eigenvalue weighted by molar-refractivity contribution is 14.0. The highest BCUT2D eigenvalue weighted by atomic mass is 127. The SMILES string of the molecule is CN=C(NCC(=O)NC(C)C)N(C)Cc1cc(Br)cn1C.I. The molecule has 0 radical (unpaired) electrons. The summed E-state index contributed by atoms with van der Waals surface area (Å²) in [6.45, 7) is 4.79. The van der Waals surface area contributed by atoms with E-state index in [2.05, 4.69) is 42.2 Å². The minimum atomic E-state index is -0.0406. The van der Waals surface area contributed by atoms with Crippen molar-refractivity contribution in [1.29, 1.82) is 0 Å². The Morgan fingerprint density at radius 1 is 1.50 bits per heavy atom. The minimum Gasteiger partial charge on any atom is -0.352 e. The summed E-state index contributed by atoms with van der Waals surface area (Å²) in [4.78, 5) is 17.8. The summed E-state index contributed by atoms with van der Waals surface area (Å²) in [5.74, 6) is 0.646. The molecule has 2 N–H and O–H groups in total. The van der Waals surface area contributed by atoms with Crippen molar-refractivity contribution in [2.24, 2.45) is 12.0 Å². The Labute approximate surface area is 157 Å². The number of aryl methyl sites for hydroxylation is 1. The van der Waals surface area contributed by atoms with Gasteiger partial charge in [0, 0.05) is 43.5 Å². The van der Waals surface area contributed by atoms with Crippen molar-refractivity contribution in [3.8, 4) is 0 Å². The fourth-order valence-electron chi connectivity index (χ4n) is 1.96. The van der Waals surface area contributed by atoms with E-state index in [0.717, 1.165) is 10.2 Å². The van der Waals surface area contributed by atoms with E-state index in [-0.39, 0.29) is 42.5 Å². The zero-order valence-corrected chi connectivity index (χ0v) is 17.6. The molecule has 0 atom stereocenters. The number of aromatic nitrogens is 1. The van der Waals surface area contributed by atoms with Gasteiger partial charge in [0.05, 0.1) is 13.1 Å². The Morgan fingerprint density at radius 3 is 2.59 bits per heavy atom. The van der Waals surface area contributed by atoms with E-state index in [9.17, 15) is 4.79 Å². The van der Waals surface area contributed by atoms with Crippen molar-refractivity contribution in [2.75, 3.05) is 20.6 Å². The first-order valence-electron chi connectivity index (χ1n) is 6.85. The molecule has 1 aromatic rings. The zero-order valence-electron chi connectivity index (χ0n) is 13.7. The number of hydrogen-bond donors (Lipinski definition) is 2. The molecule has 0 aliphatic rings. The number of rotatable bonds is 5. The van der Waals surface area contributed by atoms with Crippen molar-refractivity contribution < 1.29 is 4.79 Å². The number of nitrogens with one attached hydrogen (secondary N) is 2. The Hall–Kier alpha value is -0.770. The summed E-state index contributed by atoms with van der Waals surface area (Å²) in [6.07, 6.45) is 2.01. The number of guanidine groups is 1. The topological polar surface area (TPSA) is 61.7 Å². The van der Waals surface area contributed by atoms with Gasteiger partial charge in [-0.15, -0.1) is 24.0 Å². The maximum Gasteiger partial charge on any atom is 0.239 e. The molecule has 0 fully saturated rings.